The van der Waals surface area contributed by atoms with Crippen LogP contribution >= 0.6 is 0 Å². The number of hydrogen-bond acceptors (Lipinski definition) is 5. The Labute approximate surface area is 131 Å². The number of pyridine rings is 1. The third kappa shape index (κ3) is 2.30. The molecule has 5 heteroatoms. The lowest BCUT2D eigenvalue weighted by Gasteiger charge is -2.45. The van der Waals surface area contributed by atoms with Gasteiger partial charge in [0.15, 0.2) is 5.82 Å². The van der Waals surface area contributed by atoms with Crippen LogP contribution in [0.4, 0.5) is 11.5 Å². The number of hydrogen-bond donors (Lipinski definition) is 0. The molecule has 1 aliphatic carbocycles. The van der Waals surface area contributed by atoms with E-state index in [0.717, 1.165) is 37.4 Å². The van der Waals surface area contributed by atoms with Crippen LogP contribution in [0.1, 0.15) is 23.4 Å². The maximum Gasteiger partial charge on any atom is 0.151 e. The summed E-state index contributed by atoms with van der Waals surface area (Å²) < 4.78 is 0. The van der Waals surface area contributed by atoms with E-state index in [1.54, 1.807) is 0 Å². The minimum atomic E-state index is 0.525. The number of likely N-dealkylation sites (N-methyl/N-ethyl adjacent to an activating group) is 1. The van der Waals surface area contributed by atoms with Crippen LogP contribution in [0, 0.1) is 6.92 Å². The molecule has 0 aromatic carbocycles. The zero-order valence-electron chi connectivity index (χ0n) is 13.2. The Balaban J connectivity index is 1.43. The standard InChI is InChI=1S/C17H21N5/c1-12-8-14(6-7-18-12)21(2)15-10-22(11-15)17-9-13-4-3-5-16(13)19-20-17/h6-9,15H,3-5,10-11H2,1-2H3. The summed E-state index contributed by atoms with van der Waals surface area (Å²) in [4.78, 5) is 8.93. The topological polar surface area (TPSA) is 45.2 Å². The first kappa shape index (κ1) is 13.5. The van der Waals surface area contributed by atoms with Crippen LogP contribution in [0.2, 0.25) is 0 Å². The minimum absolute atomic E-state index is 0.525. The summed E-state index contributed by atoms with van der Waals surface area (Å²) in [6, 6.07) is 6.97. The van der Waals surface area contributed by atoms with Crippen molar-refractivity contribution in [1.29, 1.82) is 0 Å². The highest BCUT2D eigenvalue weighted by Gasteiger charge is 2.32. The summed E-state index contributed by atoms with van der Waals surface area (Å²) in [5.74, 6) is 1.04. The molecule has 0 atom stereocenters. The predicted octanol–water partition coefficient (Wildman–Crippen LogP) is 1.99. The lowest BCUT2D eigenvalue weighted by Crippen LogP contribution is -2.59. The van der Waals surface area contributed by atoms with Gasteiger partial charge in [-0.15, -0.1) is 5.10 Å². The third-order valence-electron chi connectivity index (χ3n) is 4.83. The van der Waals surface area contributed by atoms with Gasteiger partial charge in [0.1, 0.15) is 0 Å². The van der Waals surface area contributed by atoms with Crippen LogP contribution in [0.5, 0.6) is 0 Å². The van der Waals surface area contributed by atoms with Crippen LogP contribution in [0.25, 0.3) is 0 Å². The van der Waals surface area contributed by atoms with Crippen molar-refractivity contribution >= 4 is 11.5 Å². The summed E-state index contributed by atoms with van der Waals surface area (Å²) in [5.41, 5.74) is 4.89. The van der Waals surface area contributed by atoms with Crippen LogP contribution in [0.3, 0.4) is 0 Å². The second kappa shape index (κ2) is 5.23. The lowest BCUT2D eigenvalue weighted by molar-refractivity contribution is 0.490. The number of aromatic nitrogens is 3. The molecule has 114 valence electrons. The number of nitrogens with zero attached hydrogens (tertiary/aromatic N) is 5. The highest BCUT2D eigenvalue weighted by atomic mass is 15.4. The Kier molecular flexibility index (Phi) is 3.21. The number of anilines is 2. The first-order chi connectivity index (χ1) is 10.7. The second-order valence-corrected chi connectivity index (χ2v) is 6.35. The summed E-state index contributed by atoms with van der Waals surface area (Å²) in [6.07, 6.45) is 5.35. The van der Waals surface area contributed by atoms with Crippen molar-refractivity contribution in [2.24, 2.45) is 0 Å². The van der Waals surface area contributed by atoms with E-state index in [1.165, 1.54) is 23.4 Å². The second-order valence-electron chi connectivity index (χ2n) is 6.35. The Hall–Kier alpha value is -2.17. The fourth-order valence-corrected chi connectivity index (χ4v) is 3.32. The van der Waals surface area contributed by atoms with Gasteiger partial charge in [0, 0.05) is 37.7 Å². The van der Waals surface area contributed by atoms with Gasteiger partial charge >= 0.3 is 0 Å². The van der Waals surface area contributed by atoms with Gasteiger partial charge in [0.05, 0.1) is 11.7 Å². The number of rotatable bonds is 3. The largest absolute Gasteiger partial charge is 0.368 e. The Morgan fingerprint density at radius 3 is 2.86 bits per heavy atom. The molecular formula is C17H21N5. The van der Waals surface area contributed by atoms with Crippen molar-refractivity contribution in [3.05, 3.63) is 41.3 Å². The molecule has 2 aromatic heterocycles. The third-order valence-corrected chi connectivity index (χ3v) is 4.83. The van der Waals surface area contributed by atoms with E-state index in [1.807, 2.05) is 13.1 Å². The molecule has 0 unspecified atom stereocenters. The van der Waals surface area contributed by atoms with Gasteiger partial charge in [-0.2, -0.15) is 5.10 Å². The molecule has 3 heterocycles. The zero-order chi connectivity index (χ0) is 15.1. The normalized spacial score (nSPS) is 17.3. The maximum atomic E-state index is 4.40. The van der Waals surface area contributed by atoms with E-state index in [9.17, 15) is 0 Å². The fourth-order valence-electron chi connectivity index (χ4n) is 3.32. The summed E-state index contributed by atoms with van der Waals surface area (Å²) >= 11 is 0. The van der Waals surface area contributed by atoms with Crippen LogP contribution in [-0.4, -0.2) is 41.4 Å². The molecule has 0 amide bonds. The lowest BCUT2D eigenvalue weighted by atomic mass is 10.1. The van der Waals surface area contributed by atoms with Gasteiger partial charge in [0.25, 0.3) is 0 Å². The molecule has 2 aromatic rings. The smallest absolute Gasteiger partial charge is 0.151 e. The van der Waals surface area contributed by atoms with Crippen molar-refractivity contribution in [3.63, 3.8) is 0 Å². The molecule has 2 aliphatic rings. The van der Waals surface area contributed by atoms with E-state index < -0.39 is 0 Å². The van der Waals surface area contributed by atoms with Crippen LogP contribution in [0.15, 0.2) is 24.4 Å². The molecule has 1 saturated heterocycles. The van der Waals surface area contributed by atoms with E-state index in [0.29, 0.717) is 6.04 Å². The van der Waals surface area contributed by atoms with E-state index in [2.05, 4.69) is 50.2 Å². The summed E-state index contributed by atoms with van der Waals surface area (Å²) in [7, 11) is 2.16. The monoisotopic (exact) mass is 295 g/mol. The summed E-state index contributed by atoms with van der Waals surface area (Å²) in [5, 5.41) is 8.79. The van der Waals surface area contributed by atoms with Crippen LogP contribution in [-0.2, 0) is 12.8 Å². The molecule has 0 N–H and O–H groups in total. The van der Waals surface area contributed by atoms with Crippen molar-refractivity contribution in [2.45, 2.75) is 32.2 Å². The first-order valence-corrected chi connectivity index (χ1v) is 7.96. The quantitative estimate of drug-likeness (QED) is 0.866. The van der Waals surface area contributed by atoms with Gasteiger partial charge in [-0.1, -0.05) is 0 Å². The molecule has 0 radical (unpaired) electrons. The first-order valence-electron chi connectivity index (χ1n) is 7.96. The molecule has 1 fully saturated rings. The molecule has 0 bridgehead atoms. The van der Waals surface area contributed by atoms with E-state index in [4.69, 9.17) is 0 Å². The van der Waals surface area contributed by atoms with Gasteiger partial charge in [0.2, 0.25) is 0 Å². The number of aryl methyl sites for hydroxylation is 3. The van der Waals surface area contributed by atoms with Crippen molar-refractivity contribution in [3.8, 4) is 0 Å². The molecular weight excluding hydrogens is 274 g/mol. The zero-order valence-corrected chi connectivity index (χ0v) is 13.2. The van der Waals surface area contributed by atoms with Gasteiger partial charge in [-0.3, -0.25) is 4.98 Å². The molecule has 0 saturated carbocycles. The Morgan fingerprint density at radius 1 is 1.18 bits per heavy atom. The fraction of sp³-hybridized carbons (Fsp3) is 0.471. The van der Waals surface area contributed by atoms with Gasteiger partial charge < -0.3 is 9.80 Å². The van der Waals surface area contributed by atoms with Gasteiger partial charge in [-0.05, 0) is 49.9 Å². The molecule has 0 spiro atoms. The average Bonchev–Trinajstić information content (AvgIpc) is 2.93. The maximum absolute atomic E-state index is 4.40. The Morgan fingerprint density at radius 2 is 2.05 bits per heavy atom. The van der Waals surface area contributed by atoms with E-state index >= 15 is 0 Å². The molecule has 22 heavy (non-hydrogen) atoms. The van der Waals surface area contributed by atoms with Crippen molar-refractivity contribution < 1.29 is 0 Å². The van der Waals surface area contributed by atoms with Crippen molar-refractivity contribution in [2.75, 3.05) is 29.9 Å². The molecule has 4 rings (SSSR count). The molecule has 5 nitrogen and oxygen atoms in total. The SMILES string of the molecule is Cc1cc(N(C)C2CN(c3cc4c(nn3)CCC4)C2)ccn1. The highest BCUT2D eigenvalue weighted by molar-refractivity contribution is 5.52. The van der Waals surface area contributed by atoms with Gasteiger partial charge in [-0.25, -0.2) is 0 Å². The predicted molar refractivity (Wildman–Crippen MR) is 87.4 cm³/mol. The Bertz CT molecular complexity index is 693. The minimum Gasteiger partial charge on any atom is -0.368 e. The average molecular weight is 295 g/mol. The molecule has 1 aliphatic heterocycles. The number of fused-ring (bicyclic) bond motifs is 1. The van der Waals surface area contributed by atoms with Crippen LogP contribution < -0.4 is 9.80 Å². The highest BCUT2D eigenvalue weighted by Crippen LogP contribution is 2.28. The summed E-state index contributed by atoms with van der Waals surface area (Å²) in [6.45, 7) is 4.04. The van der Waals surface area contributed by atoms with E-state index in [-0.39, 0.29) is 0 Å². The van der Waals surface area contributed by atoms with Crippen molar-refractivity contribution in [1.82, 2.24) is 15.2 Å².